The highest BCUT2D eigenvalue weighted by Crippen LogP contribution is 2.33. The largest absolute Gasteiger partial charge is 0.484 e. The normalized spacial score (nSPS) is 13.0. The first-order chi connectivity index (χ1) is 16.5. The smallest absolute Gasteiger partial charge is 0.262 e. The van der Waals surface area contributed by atoms with Gasteiger partial charge in [-0.2, -0.15) is 0 Å². The number of nitrogens with zero attached hydrogens (tertiary/aromatic N) is 2. The van der Waals surface area contributed by atoms with Crippen LogP contribution in [0.1, 0.15) is 23.4 Å². The third-order valence-electron chi connectivity index (χ3n) is 5.43. The van der Waals surface area contributed by atoms with Crippen LogP contribution >= 0.6 is 11.3 Å². The van der Waals surface area contributed by atoms with Gasteiger partial charge in [-0.25, -0.2) is 9.97 Å². The quantitative estimate of drug-likeness (QED) is 0.353. The fraction of sp³-hybridized carbons (Fsp3) is 0.231. The zero-order valence-electron chi connectivity index (χ0n) is 18.6. The molecular formula is C26H23N3O4S. The molecule has 2 aromatic heterocycles. The van der Waals surface area contributed by atoms with E-state index in [9.17, 15) is 9.59 Å². The molecule has 0 saturated heterocycles. The molecule has 0 atom stereocenters. The number of hydrogen-bond donors (Lipinski definition) is 1. The summed E-state index contributed by atoms with van der Waals surface area (Å²) in [4.78, 5) is 34.2. The lowest BCUT2D eigenvalue weighted by Crippen LogP contribution is -2.20. The first kappa shape index (κ1) is 22.0. The number of para-hydroxylation sites is 1. The van der Waals surface area contributed by atoms with Gasteiger partial charge in [0.1, 0.15) is 32.6 Å². The molecule has 1 aliphatic carbocycles. The van der Waals surface area contributed by atoms with E-state index < -0.39 is 0 Å². The van der Waals surface area contributed by atoms with Crippen LogP contribution in [0.3, 0.4) is 0 Å². The minimum atomic E-state index is -0.267. The van der Waals surface area contributed by atoms with Crippen molar-refractivity contribution >= 4 is 39.1 Å². The Kier molecular flexibility index (Phi) is 6.22. The predicted molar refractivity (Wildman–Crippen MR) is 131 cm³/mol. The van der Waals surface area contributed by atoms with Gasteiger partial charge in [-0.1, -0.05) is 35.6 Å². The van der Waals surface area contributed by atoms with Gasteiger partial charge in [-0.05, 0) is 49.6 Å². The summed E-state index contributed by atoms with van der Waals surface area (Å²) in [5, 5.41) is 3.61. The number of carbonyl (C=O) groups excluding carboxylic acids is 2. The topological polar surface area (TPSA) is 90.4 Å². The molecule has 0 unspecified atom stereocenters. The van der Waals surface area contributed by atoms with Gasteiger partial charge < -0.3 is 14.8 Å². The van der Waals surface area contributed by atoms with Crippen molar-refractivity contribution in [2.45, 2.75) is 26.2 Å². The number of ether oxygens (including phenoxy) is 2. The SMILES string of the molecule is Cc1ccc(NC(=O)COc2ccccc2)cc1Oc1ccc2nc(CC(=O)C3CC3)sc2n1. The van der Waals surface area contributed by atoms with Crippen LogP contribution in [0.2, 0.25) is 0 Å². The van der Waals surface area contributed by atoms with Gasteiger partial charge in [0.05, 0.1) is 6.42 Å². The Balaban J connectivity index is 1.25. The second-order valence-corrected chi connectivity index (χ2v) is 9.29. The standard InChI is InChI=1S/C26H23N3O4S/c1-16-7-10-18(27-23(31)15-32-19-5-3-2-4-6-19)13-22(16)33-24-12-11-20-26(29-24)34-25(28-20)14-21(30)17-8-9-17/h2-7,10-13,17H,8-9,14-15H2,1H3,(H,27,31). The molecule has 1 N–H and O–H groups in total. The van der Waals surface area contributed by atoms with Gasteiger partial charge in [0.25, 0.3) is 5.91 Å². The number of amides is 1. The number of aromatic nitrogens is 2. The summed E-state index contributed by atoms with van der Waals surface area (Å²) in [5.41, 5.74) is 2.26. The molecule has 8 heteroatoms. The maximum Gasteiger partial charge on any atom is 0.262 e. The number of thiazole rings is 1. The number of anilines is 1. The molecule has 0 radical (unpaired) electrons. The lowest BCUT2D eigenvalue weighted by molar-refractivity contribution is -0.119. The maximum atomic E-state index is 12.3. The molecule has 2 aromatic carbocycles. The number of fused-ring (bicyclic) bond motifs is 1. The van der Waals surface area contributed by atoms with Crippen molar-refractivity contribution in [3.05, 3.63) is 71.2 Å². The molecule has 0 spiro atoms. The minimum absolute atomic E-state index is 0.0940. The third kappa shape index (κ3) is 5.40. The van der Waals surface area contributed by atoms with Gasteiger partial charge in [0.2, 0.25) is 5.88 Å². The van der Waals surface area contributed by atoms with Crippen LogP contribution in [0.4, 0.5) is 5.69 Å². The van der Waals surface area contributed by atoms with Crippen molar-refractivity contribution in [2.24, 2.45) is 5.92 Å². The van der Waals surface area contributed by atoms with Crippen molar-refractivity contribution in [1.82, 2.24) is 9.97 Å². The Labute approximate surface area is 200 Å². The van der Waals surface area contributed by atoms with E-state index in [0.717, 1.165) is 33.8 Å². The number of benzene rings is 2. The number of carbonyl (C=O) groups is 2. The second-order valence-electron chi connectivity index (χ2n) is 8.23. The number of rotatable bonds is 9. The lowest BCUT2D eigenvalue weighted by Gasteiger charge is -2.11. The van der Waals surface area contributed by atoms with E-state index >= 15 is 0 Å². The summed E-state index contributed by atoms with van der Waals surface area (Å²) in [5.74, 6) is 1.86. The molecule has 1 saturated carbocycles. The zero-order chi connectivity index (χ0) is 23.5. The van der Waals surface area contributed by atoms with E-state index in [1.165, 1.54) is 11.3 Å². The van der Waals surface area contributed by atoms with Gasteiger partial charge in [-0.15, -0.1) is 0 Å². The van der Waals surface area contributed by atoms with Crippen LogP contribution in [-0.4, -0.2) is 28.3 Å². The molecule has 1 aliphatic rings. The van der Waals surface area contributed by atoms with Crippen LogP contribution < -0.4 is 14.8 Å². The number of aryl methyl sites for hydroxylation is 1. The van der Waals surface area contributed by atoms with Gasteiger partial charge >= 0.3 is 0 Å². The number of Topliss-reactive ketones (excluding diaryl/α,β-unsaturated/α-hetero) is 1. The van der Waals surface area contributed by atoms with Crippen molar-refractivity contribution < 1.29 is 19.1 Å². The van der Waals surface area contributed by atoms with E-state index in [-0.39, 0.29) is 24.2 Å². The van der Waals surface area contributed by atoms with E-state index in [1.54, 1.807) is 24.3 Å². The van der Waals surface area contributed by atoms with Crippen molar-refractivity contribution in [3.8, 4) is 17.4 Å². The van der Waals surface area contributed by atoms with Crippen molar-refractivity contribution in [3.63, 3.8) is 0 Å². The van der Waals surface area contributed by atoms with Crippen molar-refractivity contribution in [1.29, 1.82) is 0 Å². The Morgan fingerprint density at radius 1 is 1.06 bits per heavy atom. The molecule has 1 amide bonds. The fourth-order valence-electron chi connectivity index (χ4n) is 3.44. The Morgan fingerprint density at radius 3 is 2.68 bits per heavy atom. The summed E-state index contributed by atoms with van der Waals surface area (Å²) in [6.45, 7) is 1.83. The lowest BCUT2D eigenvalue weighted by atomic mass is 10.2. The maximum absolute atomic E-state index is 12.3. The zero-order valence-corrected chi connectivity index (χ0v) is 19.4. The van der Waals surface area contributed by atoms with Gasteiger partial charge in [0, 0.05) is 23.7 Å². The van der Waals surface area contributed by atoms with Crippen LogP contribution in [0.5, 0.6) is 17.4 Å². The van der Waals surface area contributed by atoms with Crippen LogP contribution in [-0.2, 0) is 16.0 Å². The second kappa shape index (κ2) is 9.61. The Morgan fingerprint density at radius 2 is 1.88 bits per heavy atom. The summed E-state index contributed by atoms with van der Waals surface area (Å²) < 4.78 is 11.5. The predicted octanol–water partition coefficient (Wildman–Crippen LogP) is 5.33. The minimum Gasteiger partial charge on any atom is -0.484 e. The summed E-state index contributed by atoms with van der Waals surface area (Å²) in [6, 6.07) is 18.2. The molecule has 172 valence electrons. The summed E-state index contributed by atoms with van der Waals surface area (Å²) in [6.07, 6.45) is 2.37. The number of nitrogens with one attached hydrogen (secondary N) is 1. The highest BCUT2D eigenvalue weighted by atomic mass is 32.1. The monoisotopic (exact) mass is 473 g/mol. The van der Waals surface area contributed by atoms with Gasteiger partial charge in [0.15, 0.2) is 6.61 Å². The molecule has 4 aromatic rings. The van der Waals surface area contributed by atoms with E-state index in [4.69, 9.17) is 9.47 Å². The van der Waals surface area contributed by atoms with Crippen LogP contribution in [0.25, 0.3) is 10.3 Å². The molecular weight excluding hydrogens is 450 g/mol. The fourth-order valence-corrected chi connectivity index (χ4v) is 4.37. The Bertz CT molecular complexity index is 1350. The molecule has 2 heterocycles. The highest BCUT2D eigenvalue weighted by Gasteiger charge is 2.29. The van der Waals surface area contributed by atoms with Crippen LogP contribution in [0, 0.1) is 12.8 Å². The number of pyridine rings is 1. The number of ketones is 1. The molecule has 34 heavy (non-hydrogen) atoms. The molecule has 0 aliphatic heterocycles. The third-order valence-corrected chi connectivity index (χ3v) is 6.40. The molecule has 7 nitrogen and oxygen atoms in total. The van der Waals surface area contributed by atoms with E-state index in [0.29, 0.717) is 29.5 Å². The summed E-state index contributed by atoms with van der Waals surface area (Å²) >= 11 is 1.42. The summed E-state index contributed by atoms with van der Waals surface area (Å²) in [7, 11) is 0. The highest BCUT2D eigenvalue weighted by molar-refractivity contribution is 7.18. The first-order valence-electron chi connectivity index (χ1n) is 11.1. The first-order valence-corrected chi connectivity index (χ1v) is 11.9. The van der Waals surface area contributed by atoms with E-state index in [1.807, 2.05) is 43.3 Å². The van der Waals surface area contributed by atoms with Crippen LogP contribution in [0.15, 0.2) is 60.7 Å². The average molecular weight is 474 g/mol. The Hall–Kier alpha value is -3.78. The molecule has 5 rings (SSSR count). The number of hydrogen-bond acceptors (Lipinski definition) is 7. The van der Waals surface area contributed by atoms with Gasteiger partial charge in [-0.3, -0.25) is 9.59 Å². The average Bonchev–Trinajstić information content (AvgIpc) is 3.61. The molecule has 0 bridgehead atoms. The van der Waals surface area contributed by atoms with Crippen molar-refractivity contribution in [2.75, 3.05) is 11.9 Å². The molecule has 1 fully saturated rings. The van der Waals surface area contributed by atoms with E-state index in [2.05, 4.69) is 15.3 Å².